The Morgan fingerprint density at radius 1 is 1.08 bits per heavy atom. The normalized spacial score (nSPS) is 20.0. The second-order valence-electron chi connectivity index (χ2n) is 7.55. The molecule has 4 nitrogen and oxygen atoms in total. The number of pyridine rings is 1. The summed E-state index contributed by atoms with van der Waals surface area (Å²) in [6, 6.07) is 12.8. The van der Waals surface area contributed by atoms with Crippen molar-refractivity contribution in [2.24, 2.45) is 0 Å². The average Bonchev–Trinajstić information content (AvgIpc) is 3.35. The van der Waals surface area contributed by atoms with Crippen LogP contribution in [0.15, 0.2) is 42.6 Å². The van der Waals surface area contributed by atoms with Crippen molar-refractivity contribution in [2.45, 2.75) is 45.1 Å². The van der Waals surface area contributed by atoms with E-state index in [9.17, 15) is 4.79 Å². The molecule has 26 heavy (non-hydrogen) atoms. The number of carbonyl (C=O) groups is 1. The Balaban J connectivity index is 1.54. The SMILES string of the molecule is Cc1ccc(CC2CCCN2C(=O)c2cccnc2N2CCCC2)cc1. The van der Waals surface area contributed by atoms with E-state index in [2.05, 4.69) is 46.0 Å². The lowest BCUT2D eigenvalue weighted by Gasteiger charge is -2.27. The van der Waals surface area contributed by atoms with Gasteiger partial charge in [0.1, 0.15) is 5.82 Å². The van der Waals surface area contributed by atoms with Gasteiger partial charge in [0, 0.05) is 31.9 Å². The lowest BCUT2D eigenvalue weighted by molar-refractivity contribution is 0.0736. The average molecular weight is 349 g/mol. The summed E-state index contributed by atoms with van der Waals surface area (Å²) in [5.41, 5.74) is 3.36. The van der Waals surface area contributed by atoms with Gasteiger partial charge in [-0.3, -0.25) is 4.79 Å². The molecule has 2 aliphatic heterocycles. The molecule has 1 atom stereocenters. The number of hydrogen-bond donors (Lipinski definition) is 0. The van der Waals surface area contributed by atoms with Crippen molar-refractivity contribution in [2.75, 3.05) is 24.5 Å². The van der Waals surface area contributed by atoms with Gasteiger partial charge >= 0.3 is 0 Å². The van der Waals surface area contributed by atoms with Gasteiger partial charge in [0.2, 0.25) is 0 Å². The van der Waals surface area contributed by atoms with Gasteiger partial charge in [-0.15, -0.1) is 0 Å². The summed E-state index contributed by atoms with van der Waals surface area (Å²) in [7, 11) is 0. The lowest BCUT2D eigenvalue weighted by Crippen LogP contribution is -2.38. The van der Waals surface area contributed by atoms with E-state index in [0.717, 1.165) is 50.3 Å². The Kier molecular flexibility index (Phi) is 4.91. The van der Waals surface area contributed by atoms with E-state index in [1.165, 1.54) is 24.0 Å². The fraction of sp³-hybridized carbons (Fsp3) is 0.455. The van der Waals surface area contributed by atoms with E-state index >= 15 is 0 Å². The molecule has 2 fully saturated rings. The van der Waals surface area contributed by atoms with Crippen LogP contribution in [0, 0.1) is 6.92 Å². The Morgan fingerprint density at radius 2 is 1.85 bits per heavy atom. The van der Waals surface area contributed by atoms with Crippen LogP contribution in [-0.4, -0.2) is 41.5 Å². The van der Waals surface area contributed by atoms with E-state index in [1.807, 2.05) is 12.1 Å². The molecule has 2 aromatic rings. The minimum Gasteiger partial charge on any atom is -0.356 e. The Morgan fingerprint density at radius 3 is 2.62 bits per heavy atom. The van der Waals surface area contributed by atoms with E-state index in [1.54, 1.807) is 6.20 Å². The second-order valence-corrected chi connectivity index (χ2v) is 7.55. The van der Waals surface area contributed by atoms with Crippen LogP contribution in [0.2, 0.25) is 0 Å². The maximum atomic E-state index is 13.3. The molecule has 2 aliphatic rings. The van der Waals surface area contributed by atoms with E-state index in [4.69, 9.17) is 0 Å². The van der Waals surface area contributed by atoms with Gasteiger partial charge in [-0.2, -0.15) is 0 Å². The number of aryl methyl sites for hydroxylation is 1. The minimum atomic E-state index is 0.148. The molecule has 1 amide bonds. The molecule has 1 aromatic carbocycles. The molecule has 0 spiro atoms. The number of nitrogens with zero attached hydrogens (tertiary/aromatic N) is 3. The van der Waals surface area contributed by atoms with Crippen molar-refractivity contribution in [3.63, 3.8) is 0 Å². The van der Waals surface area contributed by atoms with Crippen LogP contribution in [0.4, 0.5) is 5.82 Å². The molecule has 0 radical (unpaired) electrons. The lowest BCUT2D eigenvalue weighted by atomic mass is 10.0. The third kappa shape index (κ3) is 3.46. The Labute approximate surface area is 155 Å². The Bertz CT molecular complexity index is 765. The molecule has 0 N–H and O–H groups in total. The molecule has 136 valence electrons. The van der Waals surface area contributed by atoms with Gasteiger partial charge in [-0.25, -0.2) is 4.98 Å². The minimum absolute atomic E-state index is 0.148. The summed E-state index contributed by atoms with van der Waals surface area (Å²) >= 11 is 0. The van der Waals surface area contributed by atoms with E-state index < -0.39 is 0 Å². The first-order chi connectivity index (χ1) is 12.7. The number of hydrogen-bond acceptors (Lipinski definition) is 3. The molecule has 4 rings (SSSR count). The third-order valence-electron chi connectivity index (χ3n) is 5.65. The maximum Gasteiger partial charge on any atom is 0.257 e. The van der Waals surface area contributed by atoms with Gasteiger partial charge in [0.05, 0.1) is 5.56 Å². The molecule has 0 aliphatic carbocycles. The summed E-state index contributed by atoms with van der Waals surface area (Å²) in [6.07, 6.45) is 7.28. The Hall–Kier alpha value is -2.36. The van der Waals surface area contributed by atoms with Crippen LogP contribution in [-0.2, 0) is 6.42 Å². The zero-order valence-corrected chi connectivity index (χ0v) is 15.5. The van der Waals surface area contributed by atoms with Crippen molar-refractivity contribution in [1.29, 1.82) is 0 Å². The zero-order chi connectivity index (χ0) is 17.9. The van der Waals surface area contributed by atoms with Crippen molar-refractivity contribution in [3.8, 4) is 0 Å². The van der Waals surface area contributed by atoms with Gasteiger partial charge in [-0.05, 0) is 56.7 Å². The van der Waals surface area contributed by atoms with Crippen molar-refractivity contribution < 1.29 is 4.79 Å². The number of benzene rings is 1. The summed E-state index contributed by atoms with van der Waals surface area (Å²) in [4.78, 5) is 22.2. The summed E-state index contributed by atoms with van der Waals surface area (Å²) in [6.45, 7) is 4.97. The topological polar surface area (TPSA) is 36.4 Å². The van der Waals surface area contributed by atoms with Crippen LogP contribution in [0.3, 0.4) is 0 Å². The largest absolute Gasteiger partial charge is 0.356 e. The van der Waals surface area contributed by atoms with E-state index in [0.29, 0.717) is 0 Å². The molecular formula is C22H27N3O. The van der Waals surface area contributed by atoms with Crippen LogP contribution >= 0.6 is 0 Å². The predicted octanol–water partition coefficient (Wildman–Crippen LogP) is 3.84. The molecule has 2 saturated heterocycles. The van der Waals surface area contributed by atoms with Crippen molar-refractivity contribution in [3.05, 3.63) is 59.3 Å². The molecule has 1 unspecified atom stereocenters. The summed E-state index contributed by atoms with van der Waals surface area (Å²) < 4.78 is 0. The second kappa shape index (κ2) is 7.48. The van der Waals surface area contributed by atoms with Gasteiger partial charge in [-0.1, -0.05) is 29.8 Å². The molecule has 3 heterocycles. The first-order valence-corrected chi connectivity index (χ1v) is 9.79. The van der Waals surface area contributed by atoms with Crippen molar-refractivity contribution >= 4 is 11.7 Å². The number of aromatic nitrogens is 1. The molecule has 4 heteroatoms. The molecular weight excluding hydrogens is 322 g/mol. The standard InChI is InChI=1S/C22H27N3O/c1-17-8-10-18(11-9-17)16-19-6-5-15-25(19)22(26)20-7-4-12-23-21(20)24-13-2-3-14-24/h4,7-12,19H,2-3,5-6,13-16H2,1H3. The zero-order valence-electron chi connectivity index (χ0n) is 15.5. The highest BCUT2D eigenvalue weighted by Gasteiger charge is 2.32. The van der Waals surface area contributed by atoms with Gasteiger partial charge < -0.3 is 9.80 Å². The first-order valence-electron chi connectivity index (χ1n) is 9.79. The van der Waals surface area contributed by atoms with Gasteiger partial charge in [0.25, 0.3) is 5.91 Å². The van der Waals surface area contributed by atoms with Crippen LogP contribution < -0.4 is 4.90 Å². The quantitative estimate of drug-likeness (QED) is 0.841. The highest BCUT2D eigenvalue weighted by Crippen LogP contribution is 2.28. The number of rotatable bonds is 4. The smallest absolute Gasteiger partial charge is 0.257 e. The third-order valence-corrected chi connectivity index (χ3v) is 5.65. The number of anilines is 1. The summed E-state index contributed by atoms with van der Waals surface area (Å²) in [5, 5.41) is 0. The van der Waals surface area contributed by atoms with E-state index in [-0.39, 0.29) is 11.9 Å². The monoisotopic (exact) mass is 349 g/mol. The number of likely N-dealkylation sites (tertiary alicyclic amines) is 1. The molecule has 0 saturated carbocycles. The van der Waals surface area contributed by atoms with Crippen LogP contribution in [0.1, 0.15) is 47.2 Å². The fourth-order valence-electron chi connectivity index (χ4n) is 4.21. The highest BCUT2D eigenvalue weighted by atomic mass is 16.2. The summed E-state index contributed by atoms with van der Waals surface area (Å²) in [5.74, 6) is 1.02. The fourth-order valence-corrected chi connectivity index (χ4v) is 4.21. The molecule has 1 aromatic heterocycles. The number of amides is 1. The van der Waals surface area contributed by atoms with Gasteiger partial charge in [0.15, 0.2) is 0 Å². The molecule has 0 bridgehead atoms. The predicted molar refractivity (Wildman–Crippen MR) is 105 cm³/mol. The van der Waals surface area contributed by atoms with Crippen LogP contribution in [0.5, 0.6) is 0 Å². The van der Waals surface area contributed by atoms with Crippen molar-refractivity contribution in [1.82, 2.24) is 9.88 Å². The maximum absolute atomic E-state index is 13.3. The highest BCUT2D eigenvalue weighted by molar-refractivity contribution is 5.99. The number of carbonyl (C=O) groups excluding carboxylic acids is 1. The van der Waals surface area contributed by atoms with Crippen LogP contribution in [0.25, 0.3) is 0 Å². The first kappa shape index (κ1) is 17.1.